The smallest absolute Gasteiger partial charge is 0.302 e. The van der Waals surface area contributed by atoms with Crippen LogP contribution in [0.25, 0.3) is 22.3 Å². The van der Waals surface area contributed by atoms with E-state index in [-0.39, 0.29) is 13.2 Å². The first-order valence-electron chi connectivity index (χ1n) is 29.4. The van der Waals surface area contributed by atoms with Gasteiger partial charge in [-0.05, 0) is 93.0 Å². The van der Waals surface area contributed by atoms with Gasteiger partial charge in [0.05, 0.1) is 50.5 Å². The first-order chi connectivity index (χ1) is 44.1. The summed E-state index contributed by atoms with van der Waals surface area (Å²) in [5, 5.41) is 170. The predicted octanol–water partition coefficient (Wildman–Crippen LogP) is -5.23. The third kappa shape index (κ3) is 13.0. The van der Waals surface area contributed by atoms with E-state index in [4.69, 9.17) is 38.2 Å². The molecule has 0 saturated carbocycles. The van der Waals surface area contributed by atoms with Crippen LogP contribution in [-0.4, -0.2) is 269 Å². The lowest BCUT2D eigenvalue weighted by Crippen LogP contribution is -2.62. The SMILES string of the molecule is CC(=O)OCC1(COC(C)=O)c2cc(C#CC3OC(CO)C(O)C(O)C3O)ccc2-c2ccc(C#CC3OC(CO)C(OOC4C(CO)OC(C#Cc5ccc6c(c5)C(CO)(CO)c5cc(C#CC7OC(CO)C(O)C(O)C7O)ccc5-6)C(O)C4O)C(O)C3O)cc21. The van der Waals surface area contributed by atoms with E-state index in [1.54, 1.807) is 72.8 Å². The van der Waals surface area contributed by atoms with Crippen molar-refractivity contribution in [2.45, 2.75) is 147 Å². The number of rotatable bonds is 13. The van der Waals surface area contributed by atoms with E-state index in [1.165, 1.54) is 13.8 Å². The standard InChI is InChI=1S/C66H70O26/c1-31(73)85-29-66(30-86-32(2)74)43-21-35(8-16-46-54(76)60(82)58(80)50(24-68)88-46)5-13-39(43)40-14-6-36(22-44(40)66)10-18-48-56(78)62(84)64(52(26-70)90-48)92-91-63-51(25-69)89-47(55(77)61(63)83)17-9-34-4-12-38-37-11-3-33(19-41(37)65(27-71,28-72)42(38)20-34)7-15-45-53(75)59(81)57(79)49(23-67)87-45/h3-6,11-14,19-22,45-64,67-72,75-84H,23-30H2,1-2H3. The Morgan fingerprint density at radius 2 is 0.652 bits per heavy atom. The Bertz CT molecular complexity index is 3610. The number of carbonyl (C=O) groups excluding carboxylic acids is 2. The molecule has 0 amide bonds. The third-order valence-electron chi connectivity index (χ3n) is 17.5. The van der Waals surface area contributed by atoms with Crippen molar-refractivity contribution >= 4 is 11.9 Å². The summed E-state index contributed by atoms with van der Waals surface area (Å²) < 4.78 is 34.1. The van der Waals surface area contributed by atoms with Gasteiger partial charge in [0.1, 0.15) is 135 Å². The molecule has 10 rings (SSSR count). The second kappa shape index (κ2) is 28.4. The van der Waals surface area contributed by atoms with Crippen LogP contribution in [0.5, 0.6) is 0 Å². The highest BCUT2D eigenvalue weighted by Crippen LogP contribution is 2.51. The molecule has 0 radical (unpaired) electrons. The van der Waals surface area contributed by atoms with Crippen molar-refractivity contribution in [3.63, 3.8) is 0 Å². The summed E-state index contributed by atoms with van der Waals surface area (Å²) >= 11 is 0. The molecular weight excluding hydrogens is 1210 g/mol. The zero-order valence-electron chi connectivity index (χ0n) is 49.4. The molecule has 92 heavy (non-hydrogen) atoms. The number of hydrogen-bond donors (Lipinski definition) is 16. The van der Waals surface area contributed by atoms with Gasteiger partial charge in [0.15, 0.2) is 0 Å². The number of ether oxygens (including phenoxy) is 6. The molecule has 26 heteroatoms. The fourth-order valence-corrected chi connectivity index (χ4v) is 12.3. The molecule has 4 heterocycles. The molecule has 16 N–H and O–H groups in total. The molecule has 490 valence electrons. The monoisotopic (exact) mass is 1280 g/mol. The maximum atomic E-state index is 12.4. The third-order valence-corrected chi connectivity index (χ3v) is 17.5. The van der Waals surface area contributed by atoms with Gasteiger partial charge in [-0.25, -0.2) is 9.78 Å². The molecule has 0 spiro atoms. The van der Waals surface area contributed by atoms with E-state index in [0.29, 0.717) is 66.8 Å². The first kappa shape index (κ1) is 68.1. The number of aliphatic hydroxyl groups is 16. The van der Waals surface area contributed by atoms with Crippen molar-refractivity contribution in [3.05, 3.63) is 117 Å². The second-order valence-corrected chi connectivity index (χ2v) is 23.3. The van der Waals surface area contributed by atoms with Crippen molar-refractivity contribution in [1.29, 1.82) is 0 Å². The van der Waals surface area contributed by atoms with E-state index in [9.17, 15) is 91.3 Å². The predicted molar refractivity (Wildman–Crippen MR) is 313 cm³/mol. The molecule has 2 aliphatic carbocycles. The van der Waals surface area contributed by atoms with Crippen molar-refractivity contribution in [2.24, 2.45) is 0 Å². The van der Waals surface area contributed by atoms with Gasteiger partial charge >= 0.3 is 11.9 Å². The minimum atomic E-state index is -1.89. The summed E-state index contributed by atoms with van der Waals surface area (Å²) in [7, 11) is 0. The molecule has 6 aliphatic rings. The van der Waals surface area contributed by atoms with Crippen molar-refractivity contribution in [1.82, 2.24) is 0 Å². The molecule has 20 unspecified atom stereocenters. The summed E-state index contributed by atoms with van der Waals surface area (Å²) in [6.07, 6.45) is -31.2. The summed E-state index contributed by atoms with van der Waals surface area (Å²) in [5.74, 6) is 21.2. The van der Waals surface area contributed by atoms with E-state index >= 15 is 0 Å². The Morgan fingerprint density at radius 3 is 0.924 bits per heavy atom. The first-order valence-corrected chi connectivity index (χ1v) is 29.4. The van der Waals surface area contributed by atoms with Crippen LogP contribution in [0.15, 0.2) is 72.8 Å². The molecule has 0 bridgehead atoms. The Kier molecular flexibility index (Phi) is 21.0. The molecule has 26 nitrogen and oxygen atoms in total. The van der Waals surface area contributed by atoms with Gasteiger partial charge in [0.25, 0.3) is 0 Å². The van der Waals surface area contributed by atoms with Gasteiger partial charge < -0.3 is 110 Å². The Hall–Kier alpha value is -6.82. The van der Waals surface area contributed by atoms with Crippen molar-refractivity contribution in [2.75, 3.05) is 52.9 Å². The topological polar surface area (TPSA) is 432 Å². The molecule has 0 aromatic heterocycles. The summed E-state index contributed by atoms with van der Waals surface area (Å²) in [4.78, 5) is 35.9. The summed E-state index contributed by atoms with van der Waals surface area (Å²) in [6.45, 7) is -2.37. The zero-order chi connectivity index (χ0) is 66.1. The molecule has 20 atom stereocenters. The van der Waals surface area contributed by atoms with Gasteiger partial charge in [-0.15, -0.1) is 0 Å². The highest BCUT2D eigenvalue weighted by molar-refractivity contribution is 5.84. The Balaban J connectivity index is 0.817. The molecule has 4 fully saturated rings. The number of carbonyl (C=O) groups is 2. The Labute approximate surface area is 526 Å². The molecule has 4 saturated heterocycles. The maximum absolute atomic E-state index is 12.4. The van der Waals surface area contributed by atoms with Crippen LogP contribution in [0.3, 0.4) is 0 Å². The van der Waals surface area contributed by atoms with Gasteiger partial charge in [-0.2, -0.15) is 0 Å². The van der Waals surface area contributed by atoms with Crippen LogP contribution in [0, 0.1) is 47.4 Å². The quantitative estimate of drug-likeness (QED) is 0.0257. The number of esters is 2. The highest BCUT2D eigenvalue weighted by Gasteiger charge is 2.51. The van der Waals surface area contributed by atoms with Crippen LogP contribution in [0.1, 0.15) is 58.4 Å². The lowest BCUT2D eigenvalue weighted by atomic mass is 9.78. The summed E-state index contributed by atoms with van der Waals surface area (Å²) in [5.41, 5.74) is 3.14. The normalized spacial score (nSPS) is 32.8. The average Bonchev–Trinajstić information content (AvgIpc) is 1.59. The number of benzene rings is 4. The molecule has 4 aromatic carbocycles. The number of hydrogen-bond acceptors (Lipinski definition) is 26. The van der Waals surface area contributed by atoms with E-state index in [2.05, 4.69) is 47.4 Å². The fraction of sp³-hybridized carbons (Fsp3) is 0.485. The average molecular weight is 1280 g/mol. The Morgan fingerprint density at radius 1 is 0.380 bits per heavy atom. The molecule has 4 aliphatic heterocycles. The lowest BCUT2D eigenvalue weighted by Gasteiger charge is -2.42. The van der Waals surface area contributed by atoms with E-state index < -0.39 is 184 Å². The van der Waals surface area contributed by atoms with E-state index in [0.717, 1.165) is 0 Å². The highest BCUT2D eigenvalue weighted by atomic mass is 17.2. The maximum Gasteiger partial charge on any atom is 0.302 e. The number of fused-ring (bicyclic) bond motifs is 6. The van der Waals surface area contributed by atoms with Crippen LogP contribution in [-0.2, 0) is 58.6 Å². The minimum absolute atomic E-state index is 0.298. The molecular formula is C66H70O26. The zero-order valence-corrected chi connectivity index (χ0v) is 49.4. The van der Waals surface area contributed by atoms with Crippen molar-refractivity contribution in [3.8, 4) is 69.6 Å². The second-order valence-electron chi connectivity index (χ2n) is 23.3. The lowest BCUT2D eigenvalue weighted by molar-refractivity contribution is -0.423. The van der Waals surface area contributed by atoms with Gasteiger partial charge in [0.2, 0.25) is 0 Å². The van der Waals surface area contributed by atoms with Crippen molar-refractivity contribution < 1.29 is 129 Å². The van der Waals surface area contributed by atoms with Gasteiger partial charge in [0, 0.05) is 36.1 Å². The molecule has 4 aromatic rings. The summed E-state index contributed by atoms with van der Waals surface area (Å²) in [6, 6.07) is 20.0. The van der Waals surface area contributed by atoms with Crippen LogP contribution < -0.4 is 0 Å². The van der Waals surface area contributed by atoms with Crippen LogP contribution in [0.4, 0.5) is 0 Å². The fourth-order valence-electron chi connectivity index (χ4n) is 12.3. The van der Waals surface area contributed by atoms with Crippen LogP contribution in [0.2, 0.25) is 0 Å². The number of aliphatic hydroxyl groups excluding tert-OH is 16. The van der Waals surface area contributed by atoms with Gasteiger partial charge in [-0.3, -0.25) is 9.59 Å². The largest absolute Gasteiger partial charge is 0.464 e. The van der Waals surface area contributed by atoms with E-state index in [1.807, 2.05) is 0 Å². The van der Waals surface area contributed by atoms with Crippen LogP contribution >= 0.6 is 0 Å². The van der Waals surface area contributed by atoms with Gasteiger partial charge in [-0.1, -0.05) is 71.6 Å². The minimum Gasteiger partial charge on any atom is -0.464 e.